The van der Waals surface area contributed by atoms with E-state index in [-0.39, 0.29) is 17.8 Å². The number of hydrogen-bond acceptors (Lipinski definition) is 2. The van der Waals surface area contributed by atoms with Gasteiger partial charge in [0.25, 0.3) is 0 Å². The molecule has 0 aromatic rings. The molecule has 1 N–H and O–H groups in total. The average molecular weight is 262 g/mol. The van der Waals surface area contributed by atoms with Crippen LogP contribution in [0, 0.1) is 23.2 Å². The van der Waals surface area contributed by atoms with Crippen LogP contribution in [0.3, 0.4) is 0 Å². The number of aliphatic hydroxyl groups is 1. The van der Waals surface area contributed by atoms with Gasteiger partial charge in [-0.1, -0.05) is 32.4 Å². The summed E-state index contributed by atoms with van der Waals surface area (Å²) < 4.78 is 0. The Morgan fingerprint density at radius 3 is 2.89 bits per heavy atom. The molecule has 2 aliphatic rings. The van der Waals surface area contributed by atoms with Crippen molar-refractivity contribution in [1.82, 2.24) is 0 Å². The summed E-state index contributed by atoms with van der Waals surface area (Å²) in [4.78, 5) is 11.5. The minimum absolute atomic E-state index is 0.0908. The number of hydrogen-bond donors (Lipinski definition) is 1. The van der Waals surface area contributed by atoms with Crippen molar-refractivity contribution in [2.24, 2.45) is 23.2 Å². The molecule has 1 fully saturated rings. The summed E-state index contributed by atoms with van der Waals surface area (Å²) in [6.45, 7) is 6.97. The third-order valence-electron chi connectivity index (χ3n) is 5.03. The summed E-state index contributed by atoms with van der Waals surface area (Å²) in [6, 6.07) is 0. The first-order valence-corrected chi connectivity index (χ1v) is 7.49. The quantitative estimate of drug-likeness (QED) is 0.841. The zero-order valence-electron chi connectivity index (χ0n) is 12.4. The van der Waals surface area contributed by atoms with Gasteiger partial charge in [-0.05, 0) is 55.6 Å². The molecule has 0 amide bonds. The van der Waals surface area contributed by atoms with Crippen LogP contribution in [0.1, 0.15) is 46.5 Å². The maximum atomic E-state index is 11.5. The largest absolute Gasteiger partial charge is 0.396 e. The van der Waals surface area contributed by atoms with Crippen LogP contribution in [0.5, 0.6) is 0 Å². The summed E-state index contributed by atoms with van der Waals surface area (Å²) in [5, 5.41) is 9.19. The number of ketones is 1. The fourth-order valence-corrected chi connectivity index (χ4v) is 3.69. The van der Waals surface area contributed by atoms with Gasteiger partial charge in [0.2, 0.25) is 0 Å². The molecule has 2 heteroatoms. The minimum Gasteiger partial charge on any atom is -0.396 e. The fraction of sp³-hybridized carbons (Fsp3) is 0.706. The lowest BCUT2D eigenvalue weighted by atomic mass is 9.62. The second-order valence-corrected chi connectivity index (χ2v) is 6.83. The number of aliphatic hydroxyl groups excluding tert-OH is 1. The molecule has 0 aliphatic heterocycles. The normalized spacial score (nSPS) is 33.6. The lowest BCUT2D eigenvalue weighted by Gasteiger charge is -2.42. The van der Waals surface area contributed by atoms with E-state index in [4.69, 9.17) is 0 Å². The Morgan fingerprint density at radius 1 is 1.47 bits per heavy atom. The van der Waals surface area contributed by atoms with Crippen LogP contribution < -0.4 is 0 Å². The smallest absolute Gasteiger partial charge is 0.178 e. The zero-order chi connectivity index (χ0) is 14.0. The van der Waals surface area contributed by atoms with Gasteiger partial charge in [0.05, 0.1) is 0 Å². The summed E-state index contributed by atoms with van der Waals surface area (Å²) >= 11 is 0. The van der Waals surface area contributed by atoms with Crippen LogP contribution in [0.4, 0.5) is 0 Å². The molecule has 4 atom stereocenters. The summed E-state index contributed by atoms with van der Waals surface area (Å²) in [5.74, 6) is 1.89. The lowest BCUT2D eigenvalue weighted by molar-refractivity contribution is -0.110. The number of carbonyl (C=O) groups is 1. The van der Waals surface area contributed by atoms with Gasteiger partial charge >= 0.3 is 0 Å². The van der Waals surface area contributed by atoms with Crippen LogP contribution in [-0.2, 0) is 4.79 Å². The maximum absolute atomic E-state index is 11.5. The van der Waals surface area contributed by atoms with E-state index in [2.05, 4.69) is 26.8 Å². The Hall–Kier alpha value is -0.890. The number of fused-ring (bicyclic) bond motifs is 1. The Bertz CT molecular complexity index is 407. The molecule has 0 radical (unpaired) electrons. The molecule has 0 spiro atoms. The Morgan fingerprint density at radius 2 is 2.21 bits per heavy atom. The van der Waals surface area contributed by atoms with E-state index >= 15 is 0 Å². The standard InChI is InChI=1S/C17H26O2/c1-12(11-18)8-13(2)14-4-5-15-9-16(19)6-7-17(15,3)10-14/h6-7,9,12-14,18H,4-5,8,10-11H2,1-3H3/t12-,13+,14-,17-/m1/s1. The van der Waals surface area contributed by atoms with Crippen LogP contribution in [0.25, 0.3) is 0 Å². The highest BCUT2D eigenvalue weighted by atomic mass is 16.3. The molecule has 1 saturated carbocycles. The van der Waals surface area contributed by atoms with Gasteiger partial charge in [-0.15, -0.1) is 0 Å². The molecular weight excluding hydrogens is 236 g/mol. The van der Waals surface area contributed by atoms with E-state index < -0.39 is 0 Å². The molecule has 0 bridgehead atoms. The van der Waals surface area contributed by atoms with E-state index in [0.29, 0.717) is 17.8 Å². The molecular formula is C17H26O2. The summed E-state index contributed by atoms with van der Waals surface area (Å²) in [7, 11) is 0. The Labute approximate surface area is 116 Å². The highest BCUT2D eigenvalue weighted by molar-refractivity contribution is 6.01. The monoisotopic (exact) mass is 262 g/mol. The van der Waals surface area contributed by atoms with Crippen molar-refractivity contribution in [3.63, 3.8) is 0 Å². The van der Waals surface area contributed by atoms with Crippen molar-refractivity contribution < 1.29 is 9.90 Å². The number of carbonyl (C=O) groups excluding carboxylic acids is 1. The van der Waals surface area contributed by atoms with E-state index in [0.717, 1.165) is 19.3 Å². The van der Waals surface area contributed by atoms with Crippen LogP contribution in [-0.4, -0.2) is 17.5 Å². The molecule has 0 heterocycles. The van der Waals surface area contributed by atoms with E-state index in [1.165, 1.54) is 12.0 Å². The van der Waals surface area contributed by atoms with Crippen molar-refractivity contribution in [3.8, 4) is 0 Å². The van der Waals surface area contributed by atoms with Gasteiger partial charge in [-0.3, -0.25) is 4.79 Å². The molecule has 0 unspecified atom stereocenters. The average Bonchev–Trinajstić information content (AvgIpc) is 2.38. The van der Waals surface area contributed by atoms with Crippen molar-refractivity contribution in [3.05, 3.63) is 23.8 Å². The number of rotatable bonds is 4. The fourth-order valence-electron chi connectivity index (χ4n) is 3.69. The molecule has 2 nitrogen and oxygen atoms in total. The van der Waals surface area contributed by atoms with Gasteiger partial charge in [-0.2, -0.15) is 0 Å². The van der Waals surface area contributed by atoms with Crippen molar-refractivity contribution in [1.29, 1.82) is 0 Å². The summed E-state index contributed by atoms with van der Waals surface area (Å²) in [5.41, 5.74) is 1.41. The summed E-state index contributed by atoms with van der Waals surface area (Å²) in [6.07, 6.45) is 10.2. The number of allylic oxidation sites excluding steroid dienone is 4. The first kappa shape index (κ1) is 14.5. The van der Waals surface area contributed by atoms with Gasteiger partial charge in [0, 0.05) is 12.0 Å². The second-order valence-electron chi connectivity index (χ2n) is 6.83. The van der Waals surface area contributed by atoms with Crippen molar-refractivity contribution in [2.45, 2.75) is 46.5 Å². The van der Waals surface area contributed by atoms with Crippen LogP contribution >= 0.6 is 0 Å². The third kappa shape index (κ3) is 3.17. The maximum Gasteiger partial charge on any atom is 0.178 e. The predicted molar refractivity (Wildman–Crippen MR) is 77.7 cm³/mol. The highest BCUT2D eigenvalue weighted by Crippen LogP contribution is 2.48. The highest BCUT2D eigenvalue weighted by Gasteiger charge is 2.37. The Balaban J connectivity index is 2.03. The lowest BCUT2D eigenvalue weighted by Crippen LogP contribution is -2.32. The molecule has 0 aromatic carbocycles. The zero-order valence-corrected chi connectivity index (χ0v) is 12.4. The second kappa shape index (κ2) is 5.62. The van der Waals surface area contributed by atoms with Crippen LogP contribution in [0.15, 0.2) is 23.8 Å². The minimum atomic E-state index is 0.0908. The first-order chi connectivity index (χ1) is 8.94. The Kier molecular flexibility index (Phi) is 4.29. The molecule has 2 aliphatic carbocycles. The third-order valence-corrected chi connectivity index (χ3v) is 5.03. The molecule has 0 aromatic heterocycles. The molecule has 2 rings (SSSR count). The predicted octanol–water partition coefficient (Wildman–Crippen LogP) is 3.51. The topological polar surface area (TPSA) is 37.3 Å². The van der Waals surface area contributed by atoms with E-state index in [1.807, 2.05) is 6.08 Å². The van der Waals surface area contributed by atoms with Gasteiger partial charge in [0.15, 0.2) is 5.78 Å². The first-order valence-electron chi connectivity index (χ1n) is 7.49. The van der Waals surface area contributed by atoms with E-state index in [9.17, 15) is 9.90 Å². The SMILES string of the molecule is C[C@@H](CO)C[C@H](C)[C@@H]1CCC2=CC(=O)C=C[C@]2(C)C1. The van der Waals surface area contributed by atoms with E-state index in [1.54, 1.807) is 6.08 Å². The van der Waals surface area contributed by atoms with Crippen molar-refractivity contribution in [2.75, 3.05) is 6.61 Å². The van der Waals surface area contributed by atoms with Crippen LogP contribution in [0.2, 0.25) is 0 Å². The van der Waals surface area contributed by atoms with Gasteiger partial charge in [-0.25, -0.2) is 0 Å². The van der Waals surface area contributed by atoms with Crippen molar-refractivity contribution >= 4 is 5.78 Å². The molecule has 19 heavy (non-hydrogen) atoms. The van der Waals surface area contributed by atoms with Gasteiger partial charge < -0.3 is 5.11 Å². The molecule has 0 saturated heterocycles. The molecule has 106 valence electrons. The van der Waals surface area contributed by atoms with Gasteiger partial charge in [0.1, 0.15) is 0 Å².